The molecule has 3 heteroatoms. The van der Waals surface area contributed by atoms with Gasteiger partial charge in [-0.15, -0.1) is 11.3 Å². The highest BCUT2D eigenvalue weighted by Gasteiger charge is 2.24. The number of hydrogen-bond donors (Lipinski definition) is 0. The van der Waals surface area contributed by atoms with Gasteiger partial charge in [0.1, 0.15) is 0 Å². The Balaban J connectivity index is 1.08. The topological polar surface area (TPSA) is 25.8 Å². The first kappa shape index (κ1) is 39.6. The van der Waals surface area contributed by atoms with Crippen molar-refractivity contribution in [3.8, 4) is 55.6 Å². The van der Waals surface area contributed by atoms with Gasteiger partial charge in [0.15, 0.2) is 0 Å². The highest BCUT2D eigenvalue weighted by molar-refractivity contribution is 7.26. The van der Waals surface area contributed by atoms with Crippen molar-refractivity contribution in [2.45, 2.75) is 19.8 Å². The third-order valence-electron chi connectivity index (χ3n) is 13.4. The summed E-state index contributed by atoms with van der Waals surface area (Å²) < 4.78 is 2.57. The van der Waals surface area contributed by atoms with E-state index in [0.29, 0.717) is 0 Å². The van der Waals surface area contributed by atoms with Gasteiger partial charge < -0.3 is 0 Å². The molecule has 0 unspecified atom stereocenters. The predicted octanol–water partition coefficient (Wildman–Crippen LogP) is 18.0. The van der Waals surface area contributed by atoms with Crippen LogP contribution in [0.25, 0.3) is 126 Å². The highest BCUT2D eigenvalue weighted by Crippen LogP contribution is 2.50. The van der Waals surface area contributed by atoms with Crippen LogP contribution in [0, 0.1) is 0 Å². The van der Waals surface area contributed by atoms with Gasteiger partial charge in [-0.25, -0.2) is 0 Å². The molecule has 0 atom stereocenters. The van der Waals surface area contributed by atoms with E-state index in [1.165, 1.54) is 103 Å². The van der Waals surface area contributed by atoms with E-state index in [-0.39, 0.29) is 0 Å². The number of fused-ring (bicyclic) bond motifs is 6. The molecule has 0 saturated carbocycles. The maximum Gasteiger partial charge on any atom is 0.0434 e. The molecule has 11 aromatic rings. The second-order valence-corrected chi connectivity index (χ2v) is 18.2. The van der Waals surface area contributed by atoms with Crippen LogP contribution in [0.5, 0.6) is 0 Å². The van der Waals surface area contributed by atoms with Crippen molar-refractivity contribution in [2.24, 2.45) is 0 Å². The van der Waals surface area contributed by atoms with Gasteiger partial charge in [0.2, 0.25) is 0 Å². The molecule has 0 radical (unpaired) electrons. The first-order chi connectivity index (χ1) is 32.7. The minimum absolute atomic E-state index is 1.02. The Kier molecular flexibility index (Phi) is 9.92. The van der Waals surface area contributed by atoms with Gasteiger partial charge in [0, 0.05) is 61.7 Å². The molecule has 0 fully saturated rings. The number of allylic oxidation sites excluding steroid dienone is 5. The molecule has 0 spiro atoms. The third-order valence-corrected chi connectivity index (χ3v) is 14.6. The Morgan fingerprint density at radius 3 is 1.64 bits per heavy atom. The Morgan fingerprint density at radius 2 is 1.08 bits per heavy atom. The number of aromatic nitrogens is 2. The highest BCUT2D eigenvalue weighted by atomic mass is 32.1. The zero-order chi connectivity index (χ0) is 44.1. The molecule has 66 heavy (non-hydrogen) atoms. The molecular formula is C63H44N2S. The summed E-state index contributed by atoms with van der Waals surface area (Å²) in [5.41, 5.74) is 16.8. The van der Waals surface area contributed by atoms with Crippen LogP contribution in [0.2, 0.25) is 0 Å². The lowest BCUT2D eigenvalue weighted by Gasteiger charge is -2.22. The normalized spacial score (nSPS) is 12.8. The van der Waals surface area contributed by atoms with Crippen LogP contribution in [0.4, 0.5) is 0 Å². The molecule has 2 nitrogen and oxygen atoms in total. The molecule has 3 heterocycles. The van der Waals surface area contributed by atoms with Crippen molar-refractivity contribution in [1.29, 1.82) is 0 Å². The van der Waals surface area contributed by atoms with E-state index < -0.39 is 0 Å². The zero-order valence-electron chi connectivity index (χ0n) is 36.6. The number of hydrogen-bond acceptors (Lipinski definition) is 3. The molecule has 0 aliphatic heterocycles. The quantitative estimate of drug-likeness (QED) is 0.142. The van der Waals surface area contributed by atoms with E-state index in [1.54, 1.807) is 0 Å². The molecule has 12 rings (SSSR count). The van der Waals surface area contributed by atoms with Crippen LogP contribution in [-0.2, 0) is 0 Å². The van der Waals surface area contributed by atoms with Crippen LogP contribution in [0.3, 0.4) is 0 Å². The van der Waals surface area contributed by atoms with Crippen molar-refractivity contribution in [3.63, 3.8) is 0 Å². The van der Waals surface area contributed by atoms with Crippen molar-refractivity contribution in [2.75, 3.05) is 0 Å². The van der Waals surface area contributed by atoms with Gasteiger partial charge >= 0.3 is 0 Å². The first-order valence-corrected chi connectivity index (χ1v) is 23.6. The summed E-state index contributed by atoms with van der Waals surface area (Å²) in [4.78, 5) is 8.99. The Morgan fingerprint density at radius 1 is 0.500 bits per heavy atom. The summed E-state index contributed by atoms with van der Waals surface area (Å²) in [5, 5.41) is 9.97. The summed E-state index contributed by atoms with van der Waals surface area (Å²) in [6, 6.07) is 56.1. The minimum Gasteiger partial charge on any atom is -0.264 e. The van der Waals surface area contributed by atoms with Gasteiger partial charge in [-0.3, -0.25) is 9.97 Å². The lowest BCUT2D eigenvalue weighted by atomic mass is 9.81. The van der Waals surface area contributed by atoms with Gasteiger partial charge in [0.25, 0.3) is 0 Å². The zero-order valence-corrected chi connectivity index (χ0v) is 37.4. The van der Waals surface area contributed by atoms with Crippen LogP contribution in [-0.4, -0.2) is 9.97 Å². The van der Waals surface area contributed by atoms with E-state index >= 15 is 0 Å². The molecule has 0 saturated heterocycles. The maximum atomic E-state index is 4.50. The maximum absolute atomic E-state index is 4.50. The fourth-order valence-corrected chi connectivity index (χ4v) is 11.8. The van der Waals surface area contributed by atoms with E-state index in [1.807, 2.05) is 48.3 Å². The van der Waals surface area contributed by atoms with Crippen LogP contribution in [0.1, 0.15) is 36.5 Å². The van der Waals surface area contributed by atoms with E-state index in [0.717, 1.165) is 40.7 Å². The molecule has 0 N–H and O–H groups in total. The lowest BCUT2D eigenvalue weighted by molar-refractivity contribution is 1.06. The number of benzene rings is 8. The molecular weight excluding hydrogens is 817 g/mol. The van der Waals surface area contributed by atoms with Crippen molar-refractivity contribution < 1.29 is 0 Å². The molecule has 0 amide bonds. The molecule has 1 aliphatic rings. The molecule has 3 aromatic heterocycles. The number of pyridine rings is 2. The summed E-state index contributed by atoms with van der Waals surface area (Å²) >= 11 is 1.89. The lowest BCUT2D eigenvalue weighted by Crippen LogP contribution is -2.00. The molecule has 1 aliphatic carbocycles. The summed E-state index contributed by atoms with van der Waals surface area (Å²) in [7, 11) is 0. The smallest absolute Gasteiger partial charge is 0.0434 e. The second-order valence-electron chi connectivity index (χ2n) is 17.1. The van der Waals surface area contributed by atoms with Crippen LogP contribution >= 0.6 is 11.3 Å². The van der Waals surface area contributed by atoms with Crippen molar-refractivity contribution in [3.05, 3.63) is 224 Å². The van der Waals surface area contributed by atoms with E-state index in [4.69, 9.17) is 0 Å². The standard InChI is InChI=1S/C63H44N2S/c1-3-17-48-47(4-2)59(40-18-6-5-7-19-40)53-26-12-13-27-54(53)62(48)56-29-14-28-55-57-37-41(30-31-58(57)66-63(55)56)60-49-22-8-10-24-51(49)61(52-25-11-9-23-50(52)60)46-35-44(42-20-15-32-64-38-42)34-45(36-46)43-21-16-33-65-39-43/h3-6,8-18,20-39H,2,7,19H2,1H3/b17-3-. The van der Waals surface area contributed by atoms with Gasteiger partial charge in [-0.1, -0.05) is 152 Å². The van der Waals surface area contributed by atoms with Gasteiger partial charge in [-0.2, -0.15) is 0 Å². The summed E-state index contributed by atoms with van der Waals surface area (Å²) in [6.07, 6.45) is 22.9. The van der Waals surface area contributed by atoms with Crippen LogP contribution in [0.15, 0.2) is 207 Å². The SMILES string of the molecule is C=Cc1c(/C=C\C)c(-c2cccc3c2sc2ccc(-c4c5ccccc5c(-c5cc(-c6cccnc6)cc(-c6cccnc6)c5)c5ccccc45)cc23)c2ccccc2c1C1=CC=CCC1. The van der Waals surface area contributed by atoms with Gasteiger partial charge in [0.05, 0.1) is 0 Å². The molecule has 0 bridgehead atoms. The summed E-state index contributed by atoms with van der Waals surface area (Å²) in [6.45, 7) is 6.54. The Hall–Kier alpha value is -7.98. The monoisotopic (exact) mass is 860 g/mol. The number of nitrogens with zero attached hydrogens (tertiary/aromatic N) is 2. The van der Waals surface area contributed by atoms with Crippen molar-refractivity contribution in [1.82, 2.24) is 9.97 Å². The van der Waals surface area contributed by atoms with Crippen molar-refractivity contribution >= 4 is 81.6 Å². The fraction of sp³-hybridized carbons (Fsp3) is 0.0476. The number of rotatable bonds is 8. The second kappa shape index (κ2) is 16.5. The average Bonchev–Trinajstić information content (AvgIpc) is 3.76. The minimum atomic E-state index is 1.02. The fourth-order valence-electron chi connectivity index (χ4n) is 10.6. The summed E-state index contributed by atoms with van der Waals surface area (Å²) in [5.74, 6) is 0. The van der Waals surface area contributed by atoms with E-state index in [9.17, 15) is 0 Å². The van der Waals surface area contributed by atoms with E-state index in [2.05, 4.69) is 199 Å². The first-order valence-electron chi connectivity index (χ1n) is 22.7. The molecule has 312 valence electrons. The largest absolute Gasteiger partial charge is 0.264 e. The van der Waals surface area contributed by atoms with Gasteiger partial charge in [-0.05, 0) is 156 Å². The number of thiophene rings is 1. The average molecular weight is 861 g/mol. The third kappa shape index (κ3) is 6.54. The predicted molar refractivity (Wildman–Crippen MR) is 286 cm³/mol. The Bertz CT molecular complexity index is 3720. The molecule has 8 aromatic carbocycles. The Labute approximate surface area is 388 Å². The van der Waals surface area contributed by atoms with Crippen LogP contribution < -0.4 is 0 Å².